The number of benzene rings is 2. The zero-order valence-electron chi connectivity index (χ0n) is 15.6. The smallest absolute Gasteiger partial charge is 0.251 e. The number of rotatable bonds is 7. The summed E-state index contributed by atoms with van der Waals surface area (Å²) in [4.78, 5) is 12.3. The molecule has 0 radical (unpaired) electrons. The van der Waals surface area contributed by atoms with Gasteiger partial charge in [0.1, 0.15) is 0 Å². The highest BCUT2D eigenvalue weighted by Gasteiger charge is 2.18. The molecule has 2 aromatic carbocycles. The largest absolute Gasteiger partial charge is 0.349 e. The summed E-state index contributed by atoms with van der Waals surface area (Å²) in [6.07, 6.45) is 1.19. The molecule has 2 rings (SSSR count). The number of anilines is 1. The monoisotopic (exact) mass is 374 g/mol. The molecule has 6 heteroatoms. The molecule has 5 nitrogen and oxygen atoms in total. The first kappa shape index (κ1) is 20.0. The normalized spacial score (nSPS) is 12.7. The van der Waals surface area contributed by atoms with Crippen LogP contribution in [0.4, 0.5) is 5.69 Å². The van der Waals surface area contributed by atoms with Gasteiger partial charge in [0.05, 0.1) is 18.5 Å². The number of sulfonamides is 1. The van der Waals surface area contributed by atoms with Gasteiger partial charge < -0.3 is 5.32 Å². The van der Waals surface area contributed by atoms with E-state index in [4.69, 9.17) is 0 Å². The Morgan fingerprint density at radius 2 is 1.58 bits per heavy atom. The lowest BCUT2D eigenvalue weighted by Gasteiger charge is -2.22. The zero-order valence-corrected chi connectivity index (χ0v) is 16.5. The number of nitrogens with zero attached hydrogens (tertiary/aromatic N) is 1. The average molecular weight is 375 g/mol. The summed E-state index contributed by atoms with van der Waals surface area (Å²) in [6, 6.07) is 16.1. The first-order valence-corrected chi connectivity index (χ1v) is 10.5. The molecule has 0 aliphatic carbocycles. The fourth-order valence-electron chi connectivity index (χ4n) is 2.38. The van der Waals surface area contributed by atoms with Gasteiger partial charge in [0.25, 0.3) is 5.91 Å². The number of para-hydroxylation sites is 1. The number of carbonyl (C=O) groups is 1. The van der Waals surface area contributed by atoms with Gasteiger partial charge in [-0.3, -0.25) is 9.10 Å². The van der Waals surface area contributed by atoms with Crippen LogP contribution in [-0.2, 0) is 16.6 Å². The number of carbonyl (C=O) groups excluding carboxylic acids is 1. The zero-order chi connectivity index (χ0) is 19.3. The standard InChI is InChI=1S/C20H26N2O3S/c1-15(2)16(3)21-20(23)18-12-10-17(11-13-18)14-22(26(4,24)25)19-8-6-5-7-9-19/h5-13,15-16H,14H2,1-4H3,(H,21,23). The highest BCUT2D eigenvalue weighted by molar-refractivity contribution is 7.92. The van der Waals surface area contributed by atoms with Crippen molar-refractivity contribution in [2.45, 2.75) is 33.4 Å². The maximum atomic E-state index is 12.3. The Kier molecular flexibility index (Phi) is 6.42. The molecule has 1 atom stereocenters. The van der Waals surface area contributed by atoms with Crippen LogP contribution in [0.2, 0.25) is 0 Å². The third-order valence-corrected chi connectivity index (χ3v) is 5.49. The molecule has 0 aliphatic heterocycles. The van der Waals surface area contributed by atoms with Crippen LogP contribution in [0.3, 0.4) is 0 Å². The van der Waals surface area contributed by atoms with E-state index in [2.05, 4.69) is 19.2 Å². The van der Waals surface area contributed by atoms with Crippen LogP contribution in [0, 0.1) is 5.92 Å². The van der Waals surface area contributed by atoms with Crippen LogP contribution in [0.15, 0.2) is 54.6 Å². The Labute approximate surface area is 156 Å². The molecule has 0 bridgehead atoms. The van der Waals surface area contributed by atoms with E-state index < -0.39 is 10.0 Å². The minimum Gasteiger partial charge on any atom is -0.349 e. The lowest BCUT2D eigenvalue weighted by atomic mass is 10.1. The van der Waals surface area contributed by atoms with Gasteiger partial charge in [0.2, 0.25) is 10.0 Å². The van der Waals surface area contributed by atoms with Crippen molar-refractivity contribution in [3.8, 4) is 0 Å². The molecule has 140 valence electrons. The van der Waals surface area contributed by atoms with Gasteiger partial charge >= 0.3 is 0 Å². The topological polar surface area (TPSA) is 66.5 Å². The van der Waals surface area contributed by atoms with Crippen LogP contribution in [0.1, 0.15) is 36.7 Å². The Morgan fingerprint density at radius 1 is 1.00 bits per heavy atom. The van der Waals surface area contributed by atoms with E-state index in [-0.39, 0.29) is 18.5 Å². The fourth-order valence-corrected chi connectivity index (χ4v) is 3.27. The average Bonchev–Trinajstić information content (AvgIpc) is 2.59. The van der Waals surface area contributed by atoms with E-state index in [1.807, 2.05) is 13.0 Å². The predicted octanol–water partition coefficient (Wildman–Crippen LogP) is 3.43. The van der Waals surface area contributed by atoms with Gasteiger partial charge in [-0.25, -0.2) is 8.42 Å². The van der Waals surface area contributed by atoms with Gasteiger partial charge in [-0.15, -0.1) is 0 Å². The summed E-state index contributed by atoms with van der Waals surface area (Å²) in [6.45, 7) is 6.29. The molecule has 2 aromatic rings. The Hall–Kier alpha value is -2.34. The van der Waals surface area contributed by atoms with Crippen LogP contribution in [0.5, 0.6) is 0 Å². The van der Waals surface area contributed by atoms with Crippen LogP contribution in [0.25, 0.3) is 0 Å². The molecule has 0 aromatic heterocycles. The second-order valence-corrected chi connectivity index (χ2v) is 8.72. The van der Waals surface area contributed by atoms with Gasteiger partial charge in [0.15, 0.2) is 0 Å². The predicted molar refractivity (Wildman–Crippen MR) is 106 cm³/mol. The maximum Gasteiger partial charge on any atom is 0.251 e. The lowest BCUT2D eigenvalue weighted by molar-refractivity contribution is 0.0930. The first-order valence-electron chi connectivity index (χ1n) is 8.61. The van der Waals surface area contributed by atoms with E-state index >= 15 is 0 Å². The number of hydrogen-bond donors (Lipinski definition) is 1. The van der Waals surface area contributed by atoms with Crippen molar-refractivity contribution < 1.29 is 13.2 Å². The molecule has 0 heterocycles. The third kappa shape index (κ3) is 5.33. The number of nitrogens with one attached hydrogen (secondary N) is 1. The molecule has 0 saturated heterocycles. The van der Waals surface area contributed by atoms with Crippen molar-refractivity contribution in [2.24, 2.45) is 5.92 Å². The van der Waals surface area contributed by atoms with Crippen LogP contribution in [-0.4, -0.2) is 26.6 Å². The number of amides is 1. The minimum absolute atomic E-state index is 0.0842. The number of hydrogen-bond acceptors (Lipinski definition) is 3. The summed E-state index contributed by atoms with van der Waals surface area (Å²) in [7, 11) is -3.41. The van der Waals surface area contributed by atoms with E-state index in [1.54, 1.807) is 48.5 Å². The van der Waals surface area contributed by atoms with Gasteiger partial charge in [-0.05, 0) is 42.7 Å². The first-order chi connectivity index (χ1) is 12.2. The Bertz CT molecular complexity index is 831. The Balaban J connectivity index is 2.15. The molecule has 1 amide bonds. The van der Waals surface area contributed by atoms with Crippen molar-refractivity contribution in [2.75, 3.05) is 10.6 Å². The summed E-state index contributed by atoms with van der Waals surface area (Å²) >= 11 is 0. The van der Waals surface area contributed by atoms with Crippen molar-refractivity contribution in [3.05, 3.63) is 65.7 Å². The van der Waals surface area contributed by atoms with E-state index in [9.17, 15) is 13.2 Å². The van der Waals surface area contributed by atoms with Gasteiger partial charge in [0, 0.05) is 11.6 Å². The quantitative estimate of drug-likeness (QED) is 0.807. The van der Waals surface area contributed by atoms with E-state index in [0.29, 0.717) is 17.2 Å². The molecule has 1 N–H and O–H groups in total. The Morgan fingerprint density at radius 3 is 2.08 bits per heavy atom. The highest BCUT2D eigenvalue weighted by Crippen LogP contribution is 2.20. The molecule has 0 saturated carbocycles. The van der Waals surface area contributed by atoms with Crippen molar-refractivity contribution in [1.29, 1.82) is 0 Å². The molecule has 26 heavy (non-hydrogen) atoms. The van der Waals surface area contributed by atoms with Gasteiger partial charge in [-0.2, -0.15) is 0 Å². The molecular formula is C20H26N2O3S. The second-order valence-electron chi connectivity index (χ2n) is 6.81. The van der Waals surface area contributed by atoms with Crippen LogP contribution < -0.4 is 9.62 Å². The van der Waals surface area contributed by atoms with E-state index in [0.717, 1.165) is 5.56 Å². The van der Waals surface area contributed by atoms with Gasteiger partial charge in [-0.1, -0.05) is 44.2 Å². The maximum absolute atomic E-state index is 12.3. The van der Waals surface area contributed by atoms with Crippen molar-refractivity contribution in [3.63, 3.8) is 0 Å². The molecule has 0 fully saturated rings. The third-order valence-electron chi connectivity index (χ3n) is 4.35. The summed E-state index contributed by atoms with van der Waals surface area (Å²) in [5, 5.41) is 2.96. The summed E-state index contributed by atoms with van der Waals surface area (Å²) < 4.78 is 25.7. The fraction of sp³-hybridized carbons (Fsp3) is 0.350. The SMILES string of the molecule is CC(C)C(C)NC(=O)c1ccc(CN(c2ccccc2)S(C)(=O)=O)cc1. The minimum atomic E-state index is -3.41. The molecular weight excluding hydrogens is 348 g/mol. The lowest BCUT2D eigenvalue weighted by Crippen LogP contribution is -2.36. The van der Waals surface area contributed by atoms with Crippen molar-refractivity contribution >= 4 is 21.6 Å². The summed E-state index contributed by atoms with van der Waals surface area (Å²) in [5.74, 6) is 0.230. The summed E-state index contributed by atoms with van der Waals surface area (Å²) in [5.41, 5.74) is 1.99. The van der Waals surface area contributed by atoms with Crippen molar-refractivity contribution in [1.82, 2.24) is 5.32 Å². The van der Waals surface area contributed by atoms with Crippen LogP contribution >= 0.6 is 0 Å². The highest BCUT2D eigenvalue weighted by atomic mass is 32.2. The molecule has 0 aliphatic rings. The molecule has 1 unspecified atom stereocenters. The second kappa shape index (κ2) is 8.36. The molecule has 0 spiro atoms. The van der Waals surface area contributed by atoms with E-state index in [1.165, 1.54) is 10.6 Å².